The van der Waals surface area contributed by atoms with Crippen molar-refractivity contribution in [3.63, 3.8) is 0 Å². The van der Waals surface area contributed by atoms with Crippen molar-refractivity contribution in [1.82, 2.24) is 9.97 Å². The first-order valence-corrected chi connectivity index (χ1v) is 6.43. The summed E-state index contributed by atoms with van der Waals surface area (Å²) in [6.07, 6.45) is 3.71. The van der Waals surface area contributed by atoms with Crippen LogP contribution in [0.2, 0.25) is 0 Å². The van der Waals surface area contributed by atoms with Gasteiger partial charge in [0.05, 0.1) is 0 Å². The van der Waals surface area contributed by atoms with Crippen LogP contribution in [0.4, 0.5) is 11.6 Å². The van der Waals surface area contributed by atoms with Gasteiger partial charge in [-0.25, -0.2) is 9.97 Å². The first-order valence-electron chi connectivity index (χ1n) is 5.04. The summed E-state index contributed by atoms with van der Waals surface area (Å²) in [5, 5.41) is 3.18. The van der Waals surface area contributed by atoms with Crippen LogP contribution in [-0.4, -0.2) is 42.1 Å². The van der Waals surface area contributed by atoms with Crippen LogP contribution in [0.1, 0.15) is 6.92 Å². The molecule has 0 fully saturated rings. The molecule has 1 rings (SSSR count). The molecule has 1 N–H and O–H groups in total. The van der Waals surface area contributed by atoms with Crippen molar-refractivity contribution < 1.29 is 0 Å². The van der Waals surface area contributed by atoms with Crippen molar-refractivity contribution in [3.8, 4) is 0 Å². The minimum absolute atomic E-state index is 0.880. The SMILES string of the molecule is CCNc1cc(N(C)CCSC)ncn1. The van der Waals surface area contributed by atoms with E-state index >= 15 is 0 Å². The third-order valence-electron chi connectivity index (χ3n) is 2.03. The number of rotatable bonds is 6. The van der Waals surface area contributed by atoms with E-state index in [0.29, 0.717) is 0 Å². The van der Waals surface area contributed by atoms with Crippen LogP contribution in [0.25, 0.3) is 0 Å². The van der Waals surface area contributed by atoms with Gasteiger partial charge in [-0.05, 0) is 13.2 Å². The van der Waals surface area contributed by atoms with Crippen molar-refractivity contribution in [3.05, 3.63) is 12.4 Å². The van der Waals surface area contributed by atoms with Crippen LogP contribution in [0.5, 0.6) is 0 Å². The van der Waals surface area contributed by atoms with Crippen LogP contribution in [0, 0.1) is 0 Å². The zero-order valence-corrected chi connectivity index (χ0v) is 10.3. The maximum Gasteiger partial charge on any atom is 0.133 e. The molecule has 15 heavy (non-hydrogen) atoms. The lowest BCUT2D eigenvalue weighted by Gasteiger charge is -2.17. The molecule has 0 aliphatic carbocycles. The van der Waals surface area contributed by atoms with Crippen molar-refractivity contribution >= 4 is 23.4 Å². The molecule has 0 aliphatic heterocycles. The number of nitrogens with zero attached hydrogens (tertiary/aromatic N) is 3. The lowest BCUT2D eigenvalue weighted by molar-refractivity contribution is 0.935. The Morgan fingerprint density at radius 3 is 2.93 bits per heavy atom. The van der Waals surface area contributed by atoms with E-state index in [1.807, 2.05) is 24.9 Å². The van der Waals surface area contributed by atoms with E-state index < -0.39 is 0 Å². The number of nitrogens with one attached hydrogen (secondary N) is 1. The first-order chi connectivity index (χ1) is 7.27. The van der Waals surface area contributed by atoms with Crippen molar-refractivity contribution in [2.24, 2.45) is 0 Å². The van der Waals surface area contributed by atoms with Crippen LogP contribution in [0.3, 0.4) is 0 Å². The van der Waals surface area contributed by atoms with Gasteiger partial charge < -0.3 is 10.2 Å². The van der Waals surface area contributed by atoms with Gasteiger partial charge in [0.2, 0.25) is 0 Å². The van der Waals surface area contributed by atoms with Gasteiger partial charge >= 0.3 is 0 Å². The highest BCUT2D eigenvalue weighted by Crippen LogP contribution is 2.12. The quantitative estimate of drug-likeness (QED) is 0.799. The summed E-state index contributed by atoms with van der Waals surface area (Å²) < 4.78 is 0. The monoisotopic (exact) mass is 226 g/mol. The third kappa shape index (κ3) is 3.95. The fourth-order valence-electron chi connectivity index (χ4n) is 1.18. The molecule has 0 saturated carbocycles. The second-order valence-electron chi connectivity index (χ2n) is 3.21. The molecule has 1 heterocycles. The van der Waals surface area contributed by atoms with Gasteiger partial charge in [0.1, 0.15) is 18.0 Å². The standard InChI is InChI=1S/C10H18N4S/c1-4-11-9-7-10(13-8-12-9)14(2)5-6-15-3/h7-8H,4-6H2,1-3H3,(H,11,12,13). The van der Waals surface area contributed by atoms with E-state index in [1.165, 1.54) is 0 Å². The molecule has 0 unspecified atom stereocenters. The van der Waals surface area contributed by atoms with Gasteiger partial charge in [-0.2, -0.15) is 11.8 Å². The number of aromatic nitrogens is 2. The zero-order valence-electron chi connectivity index (χ0n) is 9.53. The second kappa shape index (κ2) is 6.50. The maximum atomic E-state index is 4.24. The molecule has 0 spiro atoms. The molecule has 4 nitrogen and oxygen atoms in total. The minimum atomic E-state index is 0.880. The Morgan fingerprint density at radius 2 is 2.27 bits per heavy atom. The fraction of sp³-hybridized carbons (Fsp3) is 0.600. The van der Waals surface area contributed by atoms with Gasteiger partial charge in [0.15, 0.2) is 0 Å². The van der Waals surface area contributed by atoms with Gasteiger partial charge in [0, 0.05) is 32.0 Å². The Balaban J connectivity index is 2.62. The van der Waals surface area contributed by atoms with E-state index in [9.17, 15) is 0 Å². The van der Waals surface area contributed by atoms with Crippen LogP contribution in [0.15, 0.2) is 12.4 Å². The molecule has 0 atom stereocenters. The molecule has 0 saturated heterocycles. The van der Waals surface area contributed by atoms with E-state index in [1.54, 1.807) is 6.33 Å². The van der Waals surface area contributed by atoms with Gasteiger partial charge in [0.25, 0.3) is 0 Å². The molecule has 0 aromatic carbocycles. The Morgan fingerprint density at radius 1 is 1.47 bits per heavy atom. The van der Waals surface area contributed by atoms with Gasteiger partial charge in [-0.3, -0.25) is 0 Å². The van der Waals surface area contributed by atoms with E-state index in [4.69, 9.17) is 0 Å². The predicted octanol–water partition coefficient (Wildman–Crippen LogP) is 1.71. The molecule has 0 bridgehead atoms. The molecule has 0 radical (unpaired) electrons. The average Bonchev–Trinajstić information content (AvgIpc) is 2.27. The van der Waals surface area contributed by atoms with E-state index in [0.717, 1.165) is 30.5 Å². The summed E-state index contributed by atoms with van der Waals surface area (Å²) in [7, 11) is 2.05. The highest BCUT2D eigenvalue weighted by molar-refractivity contribution is 7.98. The fourth-order valence-corrected chi connectivity index (χ4v) is 1.63. The van der Waals surface area contributed by atoms with Crippen molar-refractivity contribution in [2.75, 3.05) is 42.4 Å². The molecule has 1 aromatic heterocycles. The summed E-state index contributed by atoms with van der Waals surface area (Å²) in [5.41, 5.74) is 0. The Kier molecular flexibility index (Phi) is 5.25. The van der Waals surface area contributed by atoms with E-state index in [2.05, 4.69) is 33.4 Å². The lowest BCUT2D eigenvalue weighted by atomic mass is 10.4. The van der Waals surface area contributed by atoms with Crippen molar-refractivity contribution in [1.29, 1.82) is 0 Å². The second-order valence-corrected chi connectivity index (χ2v) is 4.19. The highest BCUT2D eigenvalue weighted by atomic mass is 32.2. The highest BCUT2D eigenvalue weighted by Gasteiger charge is 2.02. The normalized spacial score (nSPS) is 10.1. The Bertz CT molecular complexity index is 293. The molecule has 1 aromatic rings. The summed E-state index contributed by atoms with van der Waals surface area (Å²) in [6.45, 7) is 3.94. The summed E-state index contributed by atoms with van der Waals surface area (Å²) in [6, 6.07) is 1.98. The van der Waals surface area contributed by atoms with Gasteiger partial charge in [-0.1, -0.05) is 0 Å². The smallest absolute Gasteiger partial charge is 0.133 e. The number of anilines is 2. The van der Waals surface area contributed by atoms with E-state index in [-0.39, 0.29) is 0 Å². The number of thioether (sulfide) groups is 1. The largest absolute Gasteiger partial charge is 0.370 e. The zero-order chi connectivity index (χ0) is 11.1. The van der Waals surface area contributed by atoms with Crippen LogP contribution < -0.4 is 10.2 Å². The predicted molar refractivity (Wildman–Crippen MR) is 67.8 cm³/mol. The molecular formula is C10H18N4S. The Labute approximate surface area is 95.5 Å². The summed E-state index contributed by atoms with van der Waals surface area (Å²) >= 11 is 1.84. The minimum Gasteiger partial charge on any atom is -0.370 e. The van der Waals surface area contributed by atoms with Gasteiger partial charge in [-0.15, -0.1) is 0 Å². The number of hydrogen-bond donors (Lipinski definition) is 1. The Hall–Kier alpha value is -0.970. The number of hydrogen-bond acceptors (Lipinski definition) is 5. The molecule has 0 amide bonds. The maximum absolute atomic E-state index is 4.24. The summed E-state index contributed by atoms with van der Waals surface area (Å²) in [4.78, 5) is 10.5. The topological polar surface area (TPSA) is 41.0 Å². The average molecular weight is 226 g/mol. The lowest BCUT2D eigenvalue weighted by Crippen LogP contribution is -2.21. The third-order valence-corrected chi connectivity index (χ3v) is 2.62. The molecule has 84 valence electrons. The first kappa shape index (κ1) is 12.1. The molecule has 0 aliphatic rings. The van der Waals surface area contributed by atoms with Crippen LogP contribution in [-0.2, 0) is 0 Å². The van der Waals surface area contributed by atoms with Crippen LogP contribution >= 0.6 is 11.8 Å². The summed E-state index contributed by atoms with van der Waals surface area (Å²) in [5.74, 6) is 2.96. The molecule has 5 heteroatoms. The van der Waals surface area contributed by atoms with Crippen molar-refractivity contribution in [2.45, 2.75) is 6.92 Å². The molecular weight excluding hydrogens is 208 g/mol.